The Balaban J connectivity index is 3.87. The monoisotopic (exact) mass is 322 g/mol. The molecule has 0 rings (SSSR count). The Hall–Kier alpha value is -2.20. The smallest absolute Gasteiger partial charge is 0.324 e. The highest BCUT2D eigenvalue weighted by Crippen LogP contribution is 2.13. The molecule has 0 aromatic carbocycles. The van der Waals surface area contributed by atoms with Gasteiger partial charge >= 0.3 is 29.9 Å². The molecule has 0 amide bonds. The van der Waals surface area contributed by atoms with Gasteiger partial charge in [-0.3, -0.25) is 19.2 Å². The molecule has 0 unspecified atom stereocenters. The molecular weight excluding hydrogens is 304 g/mol. The number of carbonyl (C=O) groups excluding carboxylic acids is 2. The Morgan fingerprint density at radius 2 is 1.32 bits per heavy atom. The number of carboxylic acid groups (broad SMARTS) is 2. The van der Waals surface area contributed by atoms with Gasteiger partial charge < -0.3 is 29.9 Å². The predicted octanol–water partition coefficient (Wildman–Crippen LogP) is -0.779. The van der Waals surface area contributed by atoms with Crippen LogP contribution in [0.2, 0.25) is 0 Å². The fourth-order valence-electron chi connectivity index (χ4n) is 1.26. The van der Waals surface area contributed by atoms with Crippen LogP contribution in [0.5, 0.6) is 0 Å². The van der Waals surface area contributed by atoms with E-state index in [4.69, 9.17) is 10.2 Å². The molecule has 0 fully saturated rings. The molecule has 22 heavy (non-hydrogen) atoms. The second-order valence-corrected chi connectivity index (χ2v) is 4.33. The van der Waals surface area contributed by atoms with E-state index in [0.717, 1.165) is 0 Å². The van der Waals surface area contributed by atoms with Crippen LogP contribution < -0.4 is 0 Å². The molecule has 10 nitrogen and oxygen atoms in total. The Bertz CT molecular complexity index is 414. The fraction of sp³-hybridized carbons (Fsp3) is 0.667. The first-order valence-corrected chi connectivity index (χ1v) is 6.38. The molecule has 0 saturated carbocycles. The maximum atomic E-state index is 11.1. The van der Waals surface area contributed by atoms with Crippen molar-refractivity contribution in [2.75, 3.05) is 6.61 Å². The Morgan fingerprint density at radius 3 is 1.82 bits per heavy atom. The average molecular weight is 322 g/mol. The maximum absolute atomic E-state index is 11.1. The number of ether oxygens (including phenoxy) is 2. The van der Waals surface area contributed by atoms with Crippen LogP contribution in [0, 0.1) is 0 Å². The first-order valence-electron chi connectivity index (χ1n) is 6.38. The van der Waals surface area contributed by atoms with Crippen molar-refractivity contribution in [1.82, 2.24) is 0 Å². The first kappa shape index (κ1) is 19.8. The van der Waals surface area contributed by atoms with Gasteiger partial charge in [-0.15, -0.1) is 0 Å². The van der Waals surface area contributed by atoms with Crippen LogP contribution in [0.3, 0.4) is 0 Å². The van der Waals surface area contributed by atoms with Crippen LogP contribution in [0.25, 0.3) is 0 Å². The summed E-state index contributed by atoms with van der Waals surface area (Å²) in [7, 11) is 0. The highest BCUT2D eigenvalue weighted by molar-refractivity contribution is 5.77. The summed E-state index contributed by atoms with van der Waals surface area (Å²) in [5.41, 5.74) is 0. The maximum Gasteiger partial charge on any atom is 0.324 e. The highest BCUT2D eigenvalue weighted by atomic mass is 16.8. The zero-order valence-electron chi connectivity index (χ0n) is 11.7. The summed E-state index contributed by atoms with van der Waals surface area (Å²) in [5, 5.41) is 35.4. The van der Waals surface area contributed by atoms with E-state index in [1.807, 2.05) is 0 Å². The van der Waals surface area contributed by atoms with Gasteiger partial charge in [-0.25, -0.2) is 0 Å². The molecule has 0 aliphatic heterocycles. The fourth-order valence-corrected chi connectivity index (χ4v) is 1.26. The van der Waals surface area contributed by atoms with Gasteiger partial charge in [-0.1, -0.05) is 0 Å². The van der Waals surface area contributed by atoms with E-state index in [1.54, 1.807) is 0 Å². The van der Waals surface area contributed by atoms with Crippen molar-refractivity contribution >= 4 is 23.9 Å². The summed E-state index contributed by atoms with van der Waals surface area (Å²) in [6, 6.07) is 0. The summed E-state index contributed by atoms with van der Waals surface area (Å²) in [4.78, 5) is 42.6. The molecule has 0 heterocycles. The lowest BCUT2D eigenvalue weighted by atomic mass is 10.2. The van der Waals surface area contributed by atoms with E-state index in [-0.39, 0.29) is 25.9 Å². The van der Waals surface area contributed by atoms with Gasteiger partial charge in [0.2, 0.25) is 0 Å². The van der Waals surface area contributed by atoms with Crippen molar-refractivity contribution in [2.24, 2.45) is 0 Å². The molecule has 4 N–H and O–H groups in total. The highest BCUT2D eigenvalue weighted by Gasteiger charge is 2.28. The standard InChI is InChI=1S/C12H18O10/c13-8(14)2-4-10(17)21-7-1-6-12(19,20)22-11(18)5-3-9(15)16/h19-20H,1-7H2,(H,13,14)(H,15,16). The predicted molar refractivity (Wildman–Crippen MR) is 67.2 cm³/mol. The molecule has 0 aromatic rings. The molecule has 10 heteroatoms. The number of rotatable bonds is 11. The number of carbonyl (C=O) groups is 4. The van der Waals surface area contributed by atoms with Crippen LogP contribution in [0.4, 0.5) is 0 Å². The summed E-state index contributed by atoms with van der Waals surface area (Å²) >= 11 is 0. The number of hydrogen-bond donors (Lipinski definition) is 4. The number of aliphatic hydroxyl groups is 2. The molecule has 0 aliphatic carbocycles. The van der Waals surface area contributed by atoms with Crippen LogP contribution in [-0.2, 0) is 28.7 Å². The van der Waals surface area contributed by atoms with Gasteiger partial charge in [0.15, 0.2) is 0 Å². The number of carboxylic acids is 2. The zero-order chi connectivity index (χ0) is 17.2. The van der Waals surface area contributed by atoms with Gasteiger partial charge in [-0.2, -0.15) is 0 Å². The second-order valence-electron chi connectivity index (χ2n) is 4.33. The van der Waals surface area contributed by atoms with Crippen LogP contribution in [0.15, 0.2) is 0 Å². The zero-order valence-corrected chi connectivity index (χ0v) is 11.7. The third kappa shape index (κ3) is 11.6. The number of hydrogen-bond acceptors (Lipinski definition) is 8. The molecule has 126 valence electrons. The number of aliphatic carboxylic acids is 2. The summed E-state index contributed by atoms with van der Waals surface area (Å²) < 4.78 is 8.89. The van der Waals surface area contributed by atoms with E-state index in [0.29, 0.717) is 0 Å². The van der Waals surface area contributed by atoms with Crippen LogP contribution in [0.1, 0.15) is 38.5 Å². The molecule has 0 atom stereocenters. The van der Waals surface area contributed by atoms with Crippen molar-refractivity contribution in [3.8, 4) is 0 Å². The Labute approximate surface area is 125 Å². The third-order valence-corrected chi connectivity index (χ3v) is 2.27. The lowest BCUT2D eigenvalue weighted by molar-refractivity contribution is -0.322. The lowest BCUT2D eigenvalue weighted by Gasteiger charge is -2.21. The molecule has 0 bridgehead atoms. The minimum Gasteiger partial charge on any atom is -0.481 e. The van der Waals surface area contributed by atoms with Crippen molar-refractivity contribution in [3.05, 3.63) is 0 Å². The first-order chi connectivity index (χ1) is 10.1. The second kappa shape index (κ2) is 9.68. The normalized spacial score (nSPS) is 10.8. The van der Waals surface area contributed by atoms with Crippen LogP contribution in [-0.4, -0.2) is 56.9 Å². The van der Waals surface area contributed by atoms with E-state index in [2.05, 4.69) is 9.47 Å². The van der Waals surface area contributed by atoms with E-state index in [9.17, 15) is 29.4 Å². The van der Waals surface area contributed by atoms with Crippen molar-refractivity contribution in [2.45, 2.75) is 44.5 Å². The van der Waals surface area contributed by atoms with Crippen molar-refractivity contribution in [3.63, 3.8) is 0 Å². The van der Waals surface area contributed by atoms with E-state index < -0.39 is 49.1 Å². The van der Waals surface area contributed by atoms with E-state index >= 15 is 0 Å². The van der Waals surface area contributed by atoms with Crippen molar-refractivity contribution in [1.29, 1.82) is 0 Å². The van der Waals surface area contributed by atoms with Gasteiger partial charge in [0.25, 0.3) is 0 Å². The molecule has 0 spiro atoms. The molecule has 0 saturated heterocycles. The quantitative estimate of drug-likeness (QED) is 0.215. The molecule has 0 radical (unpaired) electrons. The SMILES string of the molecule is O=C(O)CCC(=O)OCCCC(O)(O)OC(=O)CCC(=O)O. The summed E-state index contributed by atoms with van der Waals surface area (Å²) in [6.07, 6.45) is -2.21. The van der Waals surface area contributed by atoms with Crippen LogP contribution >= 0.6 is 0 Å². The molecule has 0 aromatic heterocycles. The topological polar surface area (TPSA) is 168 Å². The average Bonchev–Trinajstić information content (AvgIpc) is 2.38. The summed E-state index contributed by atoms with van der Waals surface area (Å²) in [6.45, 7) is -0.214. The Morgan fingerprint density at radius 1 is 0.818 bits per heavy atom. The minimum absolute atomic E-state index is 0.0575. The van der Waals surface area contributed by atoms with Gasteiger partial charge in [0.1, 0.15) is 0 Å². The van der Waals surface area contributed by atoms with Gasteiger partial charge in [0, 0.05) is 6.42 Å². The van der Waals surface area contributed by atoms with Crippen molar-refractivity contribution < 1.29 is 49.1 Å². The van der Waals surface area contributed by atoms with Gasteiger partial charge in [0.05, 0.1) is 32.3 Å². The lowest BCUT2D eigenvalue weighted by Crippen LogP contribution is -2.35. The van der Waals surface area contributed by atoms with E-state index in [1.165, 1.54) is 0 Å². The molecular formula is C12H18O10. The number of esters is 2. The molecule has 0 aliphatic rings. The Kier molecular flexibility index (Phi) is 8.72. The third-order valence-electron chi connectivity index (χ3n) is 2.27. The van der Waals surface area contributed by atoms with Gasteiger partial charge in [-0.05, 0) is 6.42 Å². The summed E-state index contributed by atoms with van der Waals surface area (Å²) in [5.74, 6) is -7.00. The largest absolute Gasteiger partial charge is 0.481 e. The minimum atomic E-state index is -2.79.